The van der Waals surface area contributed by atoms with Gasteiger partial charge in [-0.1, -0.05) is 26.8 Å². The van der Waals surface area contributed by atoms with E-state index in [1.807, 2.05) is 0 Å². The molecule has 0 bridgehead atoms. The van der Waals surface area contributed by atoms with Crippen LogP contribution in [-0.2, 0) is 30.0 Å². The minimum absolute atomic E-state index is 0.00616. The number of fused-ring (bicyclic) bond motifs is 4. The molecule has 11 nitrogen and oxygen atoms in total. The third-order valence-corrected chi connectivity index (χ3v) is 11.3. The van der Waals surface area contributed by atoms with Gasteiger partial charge in [-0.15, -0.1) is 0 Å². The second-order valence-electron chi connectivity index (χ2n) is 17.7. The number of esters is 1. The Bertz CT molecular complexity index is 1500. The Kier molecular flexibility index (Phi) is 9.55. The van der Waals surface area contributed by atoms with Crippen LogP contribution in [0.4, 0.5) is 9.18 Å². The Morgan fingerprint density at radius 1 is 1.06 bits per heavy atom. The lowest BCUT2D eigenvalue weighted by atomic mass is 9.34. The van der Waals surface area contributed by atoms with Gasteiger partial charge in [0, 0.05) is 19.0 Å². The van der Waals surface area contributed by atoms with Crippen molar-refractivity contribution in [1.82, 2.24) is 10.2 Å². The van der Waals surface area contributed by atoms with Crippen molar-refractivity contribution in [2.24, 2.45) is 23.2 Å². The van der Waals surface area contributed by atoms with E-state index < -0.39 is 42.7 Å². The average molecular weight is 701 g/mol. The third kappa shape index (κ3) is 7.11. The Labute approximate surface area is 295 Å². The van der Waals surface area contributed by atoms with Gasteiger partial charge in [0.1, 0.15) is 34.8 Å². The van der Waals surface area contributed by atoms with Gasteiger partial charge in [-0.2, -0.15) is 0 Å². The Morgan fingerprint density at radius 2 is 1.74 bits per heavy atom. The van der Waals surface area contributed by atoms with E-state index >= 15 is 0 Å². The maximum absolute atomic E-state index is 13.9. The summed E-state index contributed by atoms with van der Waals surface area (Å²) < 4.78 is 50.1. The molecule has 1 unspecified atom stereocenters. The zero-order valence-electron chi connectivity index (χ0n) is 31.2. The van der Waals surface area contributed by atoms with Crippen LogP contribution in [0.2, 0.25) is 6.32 Å². The van der Waals surface area contributed by atoms with Crippen LogP contribution >= 0.6 is 0 Å². The number of halogens is 1. The molecule has 0 spiro atoms. The van der Waals surface area contributed by atoms with Gasteiger partial charge in [0.15, 0.2) is 5.75 Å². The molecule has 1 aromatic carbocycles. The highest BCUT2D eigenvalue weighted by molar-refractivity contribution is 6.45. The van der Waals surface area contributed by atoms with E-state index in [1.165, 1.54) is 0 Å². The number of nitrogens with zero attached hydrogens (tertiary/aromatic N) is 1. The van der Waals surface area contributed by atoms with Crippen LogP contribution in [0.25, 0.3) is 0 Å². The summed E-state index contributed by atoms with van der Waals surface area (Å²) in [5.74, 6) is 0.802. The van der Waals surface area contributed by atoms with Crippen molar-refractivity contribution in [3.05, 3.63) is 23.3 Å². The van der Waals surface area contributed by atoms with Crippen molar-refractivity contribution in [3.63, 3.8) is 0 Å². The molecule has 5 fully saturated rings. The van der Waals surface area contributed by atoms with Crippen LogP contribution in [0.1, 0.15) is 98.0 Å². The number of hydrogen-bond acceptors (Lipinski definition) is 10. The summed E-state index contributed by atoms with van der Waals surface area (Å²) in [7, 11) is -0.456. The SMILES string of the molecule is C[C@H]1C2[C@H]3OB(CCc4ccc(OC5CN(C(=O)C[C@@H]6C[C@H](F)CN6)C5)c(C(=O)OC(C)(C)C)c4OC(=O)OC(C)(C)C)O[C@@]3(C)[C@@H]2C1(C)C. The molecule has 1 amide bonds. The Balaban J connectivity index is 1.22. The molecular formula is C37H54BFN2O9. The van der Waals surface area contributed by atoms with Gasteiger partial charge in [-0.3, -0.25) is 4.79 Å². The van der Waals surface area contributed by atoms with Gasteiger partial charge in [-0.05, 0) is 102 Å². The number of alkyl halides is 1. The summed E-state index contributed by atoms with van der Waals surface area (Å²) in [6.45, 7) is 20.3. The lowest BCUT2D eigenvalue weighted by Gasteiger charge is -2.73. The van der Waals surface area contributed by atoms with E-state index in [9.17, 15) is 18.8 Å². The van der Waals surface area contributed by atoms with Crippen LogP contribution < -0.4 is 14.8 Å². The number of likely N-dealkylation sites (tertiary alicyclic amines) is 1. The molecule has 0 radical (unpaired) electrons. The van der Waals surface area contributed by atoms with Gasteiger partial charge in [-0.25, -0.2) is 14.0 Å². The third-order valence-electron chi connectivity index (χ3n) is 11.3. The van der Waals surface area contributed by atoms with Crippen LogP contribution in [0.15, 0.2) is 12.1 Å². The fourth-order valence-electron chi connectivity index (χ4n) is 8.74. The first-order chi connectivity index (χ1) is 23.2. The molecule has 2 aliphatic carbocycles. The molecule has 7 atom stereocenters. The summed E-state index contributed by atoms with van der Waals surface area (Å²) in [4.78, 5) is 41.5. The molecule has 0 aromatic heterocycles. The molecule has 1 aromatic rings. The van der Waals surface area contributed by atoms with Crippen molar-refractivity contribution in [2.75, 3.05) is 19.6 Å². The number of ether oxygens (including phenoxy) is 4. The van der Waals surface area contributed by atoms with Crippen LogP contribution in [0, 0.1) is 23.2 Å². The first-order valence-corrected chi connectivity index (χ1v) is 18.1. The van der Waals surface area contributed by atoms with E-state index in [4.69, 9.17) is 28.3 Å². The van der Waals surface area contributed by atoms with Crippen molar-refractivity contribution in [3.8, 4) is 11.5 Å². The number of hydrogen-bond donors (Lipinski definition) is 1. The number of nitrogens with one attached hydrogen (secondary N) is 1. The van der Waals surface area contributed by atoms with Crippen molar-refractivity contribution in [1.29, 1.82) is 0 Å². The van der Waals surface area contributed by atoms with Gasteiger partial charge in [0.25, 0.3) is 0 Å². The number of rotatable bonds is 9. The molecule has 13 heteroatoms. The zero-order chi connectivity index (χ0) is 36.6. The van der Waals surface area contributed by atoms with E-state index in [2.05, 4.69) is 33.0 Å². The first kappa shape index (κ1) is 36.9. The number of aryl methyl sites for hydroxylation is 1. The van der Waals surface area contributed by atoms with Gasteiger partial charge in [0.2, 0.25) is 5.91 Å². The molecule has 2 saturated carbocycles. The molecule has 1 N–H and O–H groups in total. The predicted molar refractivity (Wildman–Crippen MR) is 184 cm³/mol. The molecule has 50 heavy (non-hydrogen) atoms. The summed E-state index contributed by atoms with van der Waals surface area (Å²) in [6.07, 6.45) is -0.902. The minimum atomic E-state index is -0.969. The van der Waals surface area contributed by atoms with E-state index in [1.54, 1.807) is 58.6 Å². The van der Waals surface area contributed by atoms with Crippen molar-refractivity contribution >= 4 is 25.2 Å². The summed E-state index contributed by atoms with van der Waals surface area (Å²) in [5.41, 5.74) is -1.34. The molecule has 276 valence electrons. The van der Waals surface area contributed by atoms with Crippen LogP contribution in [0.5, 0.6) is 11.5 Å². The van der Waals surface area contributed by atoms with E-state index in [0.29, 0.717) is 55.6 Å². The van der Waals surface area contributed by atoms with Gasteiger partial charge >= 0.3 is 19.2 Å². The summed E-state index contributed by atoms with van der Waals surface area (Å²) in [5, 5.41) is 3.05. The summed E-state index contributed by atoms with van der Waals surface area (Å²) in [6, 6.07) is 3.26. The second kappa shape index (κ2) is 13.0. The highest BCUT2D eigenvalue weighted by atomic mass is 19.1. The monoisotopic (exact) mass is 700 g/mol. The second-order valence-corrected chi connectivity index (χ2v) is 17.7. The molecule has 3 aliphatic heterocycles. The molecule has 5 aliphatic rings. The van der Waals surface area contributed by atoms with Crippen molar-refractivity contribution < 1.29 is 47.0 Å². The first-order valence-electron chi connectivity index (χ1n) is 18.1. The lowest BCUT2D eigenvalue weighted by Crippen LogP contribution is -2.78. The average Bonchev–Trinajstić information content (AvgIpc) is 3.47. The van der Waals surface area contributed by atoms with Gasteiger partial charge < -0.3 is 38.5 Å². The van der Waals surface area contributed by atoms with E-state index in [-0.39, 0.29) is 59.1 Å². The van der Waals surface area contributed by atoms with Gasteiger partial charge in [0.05, 0.1) is 24.8 Å². The predicted octanol–water partition coefficient (Wildman–Crippen LogP) is 5.76. The topological polar surface area (TPSA) is 122 Å². The van der Waals surface area contributed by atoms with Crippen LogP contribution in [-0.4, -0.2) is 90.9 Å². The molecular weight excluding hydrogens is 646 g/mol. The molecule has 6 rings (SSSR count). The fraction of sp³-hybridized carbons (Fsp3) is 0.757. The molecule has 3 heterocycles. The number of carbonyl (C=O) groups is 3. The molecule has 3 saturated heterocycles. The largest absolute Gasteiger partial charge is 0.514 e. The zero-order valence-corrected chi connectivity index (χ0v) is 31.2. The maximum Gasteiger partial charge on any atom is 0.514 e. The highest BCUT2D eigenvalue weighted by Crippen LogP contribution is 2.72. The highest BCUT2D eigenvalue weighted by Gasteiger charge is 2.78. The minimum Gasteiger partial charge on any atom is -0.486 e. The number of benzene rings is 1. The van der Waals surface area contributed by atoms with Crippen LogP contribution in [0.3, 0.4) is 0 Å². The fourth-order valence-corrected chi connectivity index (χ4v) is 8.74. The number of amides is 1. The standard InChI is InChI=1S/C37H54BFN2O9/c1-20-27-30(36(20,8)9)37(10)31(27)49-38(50-37)14-13-21-11-12-25(45-24-18-41(19-24)26(42)16-23-15-22(39)17-40-23)28(32(43)47-34(2,3)4)29(21)46-33(44)48-35(5,6)7/h11-12,20,22-24,27,30-31,40H,13-19H2,1-10H3/t20-,22-,23-,27?,30-,31+,37-/m0/s1. The Morgan fingerprint density at radius 3 is 2.36 bits per heavy atom. The quantitative estimate of drug-likeness (QED) is 0.193. The normalized spacial score (nSPS) is 31.5. The summed E-state index contributed by atoms with van der Waals surface area (Å²) >= 11 is 0. The smallest absolute Gasteiger partial charge is 0.486 e. The number of carbonyl (C=O) groups excluding carboxylic acids is 3. The Hall–Kier alpha value is -2.90. The lowest BCUT2D eigenvalue weighted by molar-refractivity contribution is -0.300. The maximum atomic E-state index is 13.9. The van der Waals surface area contributed by atoms with Crippen molar-refractivity contribution in [2.45, 2.75) is 136 Å². The van der Waals surface area contributed by atoms with E-state index in [0.717, 1.165) is 0 Å².